The molecule has 0 aromatic carbocycles. The van der Waals surface area contributed by atoms with Crippen molar-refractivity contribution >= 4 is 12.0 Å². The van der Waals surface area contributed by atoms with Gasteiger partial charge in [0.25, 0.3) is 0 Å². The predicted molar refractivity (Wildman–Crippen MR) is 80.6 cm³/mol. The molecule has 1 aliphatic carbocycles. The Morgan fingerprint density at radius 1 is 1.23 bits per heavy atom. The van der Waals surface area contributed by atoms with Gasteiger partial charge in [-0.25, -0.2) is 4.79 Å². The molecule has 3 fully saturated rings. The Morgan fingerprint density at radius 2 is 1.91 bits per heavy atom. The average Bonchev–Trinajstić information content (AvgIpc) is 2.52. The molecule has 2 heterocycles. The van der Waals surface area contributed by atoms with Gasteiger partial charge in [-0.15, -0.1) is 0 Å². The standard InChI is InChI=1S/C16H26N2O4/c1-17(13-4-9-22-10-5-13)15(21)18-8-3-12(14(19)20)11-16(18)6-2-7-16/h12-13H,2-11H2,1H3,(H,19,20). The Kier molecular flexibility index (Phi) is 4.30. The minimum Gasteiger partial charge on any atom is -0.481 e. The summed E-state index contributed by atoms with van der Waals surface area (Å²) in [5, 5.41) is 9.30. The lowest BCUT2D eigenvalue weighted by molar-refractivity contribution is -0.147. The Bertz CT molecular complexity index is 443. The summed E-state index contributed by atoms with van der Waals surface area (Å²) in [7, 11) is 1.88. The van der Waals surface area contributed by atoms with Gasteiger partial charge in [0, 0.05) is 38.4 Å². The second kappa shape index (κ2) is 6.07. The van der Waals surface area contributed by atoms with E-state index < -0.39 is 5.97 Å². The average molecular weight is 310 g/mol. The number of carboxylic acid groups (broad SMARTS) is 1. The van der Waals surface area contributed by atoms with E-state index in [1.807, 2.05) is 16.8 Å². The van der Waals surface area contributed by atoms with Crippen LogP contribution in [0, 0.1) is 5.92 Å². The summed E-state index contributed by atoms with van der Waals surface area (Å²) in [5.74, 6) is -1.01. The molecular weight excluding hydrogens is 284 g/mol. The van der Waals surface area contributed by atoms with E-state index in [4.69, 9.17) is 4.74 Å². The maximum Gasteiger partial charge on any atom is 0.320 e. The highest BCUT2D eigenvalue weighted by molar-refractivity contribution is 5.77. The molecule has 1 unspecified atom stereocenters. The number of nitrogens with zero attached hydrogens (tertiary/aromatic N) is 2. The summed E-state index contributed by atoms with van der Waals surface area (Å²) in [5.41, 5.74) is -0.197. The van der Waals surface area contributed by atoms with E-state index in [1.54, 1.807) is 0 Å². The van der Waals surface area contributed by atoms with Gasteiger partial charge in [-0.2, -0.15) is 0 Å². The molecule has 3 rings (SSSR count). The van der Waals surface area contributed by atoms with E-state index in [1.165, 1.54) is 0 Å². The molecule has 124 valence electrons. The van der Waals surface area contributed by atoms with Gasteiger partial charge < -0.3 is 19.6 Å². The highest BCUT2D eigenvalue weighted by Gasteiger charge is 2.51. The fraction of sp³-hybridized carbons (Fsp3) is 0.875. The zero-order chi connectivity index (χ0) is 15.7. The number of carbonyl (C=O) groups excluding carboxylic acids is 1. The molecule has 6 heteroatoms. The predicted octanol–water partition coefficient (Wildman–Crippen LogP) is 1.94. The van der Waals surface area contributed by atoms with Gasteiger partial charge in [0.1, 0.15) is 0 Å². The molecular formula is C16H26N2O4. The summed E-state index contributed by atoms with van der Waals surface area (Å²) in [4.78, 5) is 28.1. The molecule has 1 N–H and O–H groups in total. The van der Waals surface area contributed by atoms with E-state index in [9.17, 15) is 14.7 Å². The van der Waals surface area contributed by atoms with E-state index >= 15 is 0 Å². The number of rotatable bonds is 2. The highest BCUT2D eigenvalue weighted by atomic mass is 16.5. The Morgan fingerprint density at radius 3 is 2.45 bits per heavy atom. The Balaban J connectivity index is 1.70. The second-order valence-corrected chi connectivity index (χ2v) is 6.99. The van der Waals surface area contributed by atoms with Gasteiger partial charge in [0.05, 0.1) is 5.92 Å². The topological polar surface area (TPSA) is 70.1 Å². The molecule has 0 radical (unpaired) electrons. The van der Waals surface area contributed by atoms with Crippen molar-refractivity contribution in [2.24, 2.45) is 5.92 Å². The first-order valence-electron chi connectivity index (χ1n) is 8.38. The number of carboxylic acids is 1. The first-order chi connectivity index (χ1) is 10.5. The first-order valence-corrected chi connectivity index (χ1v) is 8.38. The lowest BCUT2D eigenvalue weighted by Gasteiger charge is -2.55. The molecule has 1 saturated carbocycles. The zero-order valence-electron chi connectivity index (χ0n) is 13.3. The number of likely N-dealkylation sites (tertiary alicyclic amines) is 1. The van der Waals surface area contributed by atoms with Crippen LogP contribution in [0.2, 0.25) is 0 Å². The molecule has 2 saturated heterocycles. The minimum absolute atomic E-state index is 0.0791. The lowest BCUT2D eigenvalue weighted by atomic mass is 9.67. The van der Waals surface area contributed by atoms with Crippen LogP contribution in [0.4, 0.5) is 4.79 Å². The van der Waals surface area contributed by atoms with Crippen molar-refractivity contribution < 1.29 is 19.4 Å². The number of urea groups is 1. The van der Waals surface area contributed by atoms with Crippen molar-refractivity contribution in [3.8, 4) is 0 Å². The number of amides is 2. The molecule has 1 spiro atoms. The van der Waals surface area contributed by atoms with Crippen LogP contribution >= 0.6 is 0 Å². The zero-order valence-corrected chi connectivity index (χ0v) is 13.3. The van der Waals surface area contributed by atoms with Crippen molar-refractivity contribution in [3.05, 3.63) is 0 Å². The van der Waals surface area contributed by atoms with Crippen LogP contribution < -0.4 is 0 Å². The number of ether oxygens (including phenoxy) is 1. The molecule has 2 amide bonds. The molecule has 0 aromatic rings. The minimum atomic E-state index is -0.712. The fourth-order valence-corrected chi connectivity index (χ4v) is 4.18. The quantitative estimate of drug-likeness (QED) is 0.846. The number of hydrogen-bond acceptors (Lipinski definition) is 3. The van der Waals surface area contributed by atoms with Gasteiger partial charge in [0.2, 0.25) is 0 Å². The van der Waals surface area contributed by atoms with Gasteiger partial charge in [0.15, 0.2) is 0 Å². The van der Waals surface area contributed by atoms with Crippen molar-refractivity contribution in [2.45, 2.75) is 56.5 Å². The number of aliphatic carboxylic acids is 1. The van der Waals surface area contributed by atoms with Crippen molar-refractivity contribution in [2.75, 3.05) is 26.8 Å². The van der Waals surface area contributed by atoms with E-state index in [2.05, 4.69) is 0 Å². The molecule has 1 atom stereocenters. The summed E-state index contributed by atoms with van der Waals surface area (Å²) in [6, 6.07) is 0.325. The number of carbonyl (C=O) groups is 2. The van der Waals surface area contributed by atoms with Crippen molar-refractivity contribution in [1.29, 1.82) is 0 Å². The molecule has 0 aromatic heterocycles. The third kappa shape index (κ3) is 2.69. The van der Waals surface area contributed by atoms with E-state index in [0.717, 1.165) is 32.1 Å². The van der Waals surface area contributed by atoms with E-state index in [0.29, 0.717) is 32.6 Å². The van der Waals surface area contributed by atoms with Crippen LogP contribution in [-0.4, -0.2) is 65.3 Å². The van der Waals surface area contributed by atoms with Gasteiger partial charge in [-0.05, 0) is 44.9 Å². The third-order valence-electron chi connectivity index (χ3n) is 5.80. The first kappa shape index (κ1) is 15.6. The van der Waals surface area contributed by atoms with Crippen LogP contribution in [0.5, 0.6) is 0 Å². The van der Waals surface area contributed by atoms with Gasteiger partial charge >= 0.3 is 12.0 Å². The molecule has 3 aliphatic rings. The summed E-state index contributed by atoms with van der Waals surface area (Å²) in [6.07, 6.45) is 5.97. The Labute approximate surface area is 131 Å². The van der Waals surface area contributed by atoms with Gasteiger partial charge in [-0.3, -0.25) is 4.79 Å². The number of piperidine rings is 1. The highest BCUT2D eigenvalue weighted by Crippen LogP contribution is 2.46. The summed E-state index contributed by atoms with van der Waals surface area (Å²) in [6.45, 7) is 2.01. The fourth-order valence-electron chi connectivity index (χ4n) is 4.18. The maximum absolute atomic E-state index is 12.9. The normalized spacial score (nSPS) is 28.2. The maximum atomic E-state index is 12.9. The monoisotopic (exact) mass is 310 g/mol. The number of hydrogen-bond donors (Lipinski definition) is 1. The van der Waals surface area contributed by atoms with Crippen LogP contribution in [0.1, 0.15) is 44.9 Å². The molecule has 6 nitrogen and oxygen atoms in total. The SMILES string of the molecule is CN(C(=O)N1CCC(C(=O)O)CC12CCC2)C1CCOCC1. The van der Waals surface area contributed by atoms with Crippen molar-refractivity contribution in [3.63, 3.8) is 0 Å². The summed E-state index contributed by atoms with van der Waals surface area (Å²) >= 11 is 0. The third-order valence-corrected chi connectivity index (χ3v) is 5.80. The summed E-state index contributed by atoms with van der Waals surface area (Å²) < 4.78 is 5.37. The molecule has 2 aliphatic heterocycles. The van der Waals surface area contributed by atoms with Crippen LogP contribution in [0.3, 0.4) is 0 Å². The lowest BCUT2D eigenvalue weighted by Crippen LogP contribution is -2.64. The Hall–Kier alpha value is -1.30. The van der Waals surface area contributed by atoms with Crippen LogP contribution in [0.25, 0.3) is 0 Å². The van der Waals surface area contributed by atoms with Crippen LogP contribution in [0.15, 0.2) is 0 Å². The van der Waals surface area contributed by atoms with E-state index in [-0.39, 0.29) is 23.5 Å². The molecule has 22 heavy (non-hydrogen) atoms. The largest absolute Gasteiger partial charge is 0.481 e. The second-order valence-electron chi connectivity index (χ2n) is 6.99. The van der Waals surface area contributed by atoms with Gasteiger partial charge in [-0.1, -0.05) is 0 Å². The van der Waals surface area contributed by atoms with Crippen molar-refractivity contribution in [1.82, 2.24) is 9.80 Å². The van der Waals surface area contributed by atoms with Crippen LogP contribution in [-0.2, 0) is 9.53 Å². The molecule has 0 bridgehead atoms. The smallest absolute Gasteiger partial charge is 0.320 e.